The molecule has 3 heteroatoms. The van der Waals surface area contributed by atoms with Crippen molar-refractivity contribution < 1.29 is 0 Å². The van der Waals surface area contributed by atoms with E-state index < -0.39 is 0 Å². The van der Waals surface area contributed by atoms with Crippen molar-refractivity contribution >= 4 is 10.2 Å². The first-order valence-electron chi connectivity index (χ1n) is 3.04. The van der Waals surface area contributed by atoms with Crippen molar-refractivity contribution in [3.8, 4) is 0 Å². The number of hydrogen-bond acceptors (Lipinski definition) is 2. The molecule has 0 aliphatic carbocycles. The third-order valence-electron chi connectivity index (χ3n) is 1.32. The maximum atomic E-state index is 9.95. The van der Waals surface area contributed by atoms with Gasteiger partial charge in [0, 0.05) is 10.2 Å². The van der Waals surface area contributed by atoms with Crippen LogP contribution in [0.1, 0.15) is 20.3 Å². The van der Waals surface area contributed by atoms with Crippen LogP contribution in [0.5, 0.6) is 0 Å². The highest BCUT2D eigenvalue weighted by Gasteiger charge is 2.08. The standard InChI is InChI=1S/C5H13NOSi/c1-3-5(6-7)4(2)8/h4-5H,3H2,1-2,8H3. The van der Waals surface area contributed by atoms with Crippen molar-refractivity contribution in [3.63, 3.8) is 0 Å². The van der Waals surface area contributed by atoms with Crippen LogP contribution in [-0.2, 0) is 0 Å². The van der Waals surface area contributed by atoms with Crippen molar-refractivity contribution in [1.82, 2.24) is 0 Å². The van der Waals surface area contributed by atoms with E-state index in [-0.39, 0.29) is 6.04 Å². The van der Waals surface area contributed by atoms with Crippen LogP contribution in [-0.4, -0.2) is 16.3 Å². The molecule has 0 aromatic rings. The molecule has 0 bridgehead atoms. The first-order valence-corrected chi connectivity index (χ1v) is 4.20. The van der Waals surface area contributed by atoms with Gasteiger partial charge in [0.2, 0.25) is 0 Å². The molecule has 0 N–H and O–H groups in total. The molecule has 0 amide bonds. The van der Waals surface area contributed by atoms with Gasteiger partial charge in [-0.15, -0.1) is 0 Å². The zero-order valence-electron chi connectivity index (χ0n) is 5.72. The van der Waals surface area contributed by atoms with Gasteiger partial charge in [-0.1, -0.05) is 19.0 Å². The monoisotopic (exact) mass is 131 g/mol. The zero-order chi connectivity index (χ0) is 6.57. The van der Waals surface area contributed by atoms with Crippen LogP contribution in [0.3, 0.4) is 0 Å². The molecule has 2 nitrogen and oxygen atoms in total. The minimum absolute atomic E-state index is 0.0849. The molecule has 0 aromatic carbocycles. The Hall–Kier alpha value is -0.183. The quantitative estimate of drug-likeness (QED) is 0.409. The Balaban J connectivity index is 3.51. The summed E-state index contributed by atoms with van der Waals surface area (Å²) in [5.74, 6) is 0. The molecule has 0 saturated heterocycles. The topological polar surface area (TPSA) is 29.4 Å². The molecule has 0 fully saturated rings. The minimum Gasteiger partial charge on any atom is -0.151 e. The lowest BCUT2D eigenvalue weighted by Gasteiger charge is -2.07. The lowest BCUT2D eigenvalue weighted by Crippen LogP contribution is -2.07. The molecule has 0 aromatic heterocycles. The van der Waals surface area contributed by atoms with E-state index in [1.54, 1.807) is 0 Å². The average molecular weight is 131 g/mol. The van der Waals surface area contributed by atoms with Crippen LogP contribution in [0.2, 0.25) is 5.54 Å². The number of hydrogen-bond donors (Lipinski definition) is 0. The summed E-state index contributed by atoms with van der Waals surface area (Å²) >= 11 is 0. The van der Waals surface area contributed by atoms with E-state index in [0.29, 0.717) is 5.54 Å². The Morgan fingerprint density at radius 1 is 1.75 bits per heavy atom. The summed E-state index contributed by atoms with van der Waals surface area (Å²) in [6.45, 7) is 4.07. The molecular formula is C5H13NOSi. The van der Waals surface area contributed by atoms with Crippen LogP contribution in [0.4, 0.5) is 0 Å². The van der Waals surface area contributed by atoms with E-state index in [0.717, 1.165) is 16.7 Å². The minimum atomic E-state index is 0.0849. The third-order valence-corrected chi connectivity index (χ3v) is 2.09. The summed E-state index contributed by atoms with van der Waals surface area (Å²) in [4.78, 5) is 9.95. The van der Waals surface area contributed by atoms with Gasteiger partial charge in [0.05, 0.1) is 6.04 Å². The van der Waals surface area contributed by atoms with Crippen LogP contribution in [0, 0.1) is 4.91 Å². The van der Waals surface area contributed by atoms with E-state index >= 15 is 0 Å². The molecule has 2 unspecified atom stereocenters. The highest BCUT2D eigenvalue weighted by molar-refractivity contribution is 6.11. The predicted molar refractivity (Wildman–Crippen MR) is 39.2 cm³/mol. The molecule has 0 aliphatic rings. The van der Waals surface area contributed by atoms with Gasteiger partial charge >= 0.3 is 0 Å². The summed E-state index contributed by atoms with van der Waals surface area (Å²) in [6.07, 6.45) is 0.897. The summed E-state index contributed by atoms with van der Waals surface area (Å²) in [5, 5.41) is 2.99. The lowest BCUT2D eigenvalue weighted by molar-refractivity contribution is 0.626. The molecule has 0 aliphatic heterocycles. The number of rotatable bonds is 3. The highest BCUT2D eigenvalue weighted by Crippen LogP contribution is 2.11. The maximum absolute atomic E-state index is 9.95. The van der Waals surface area contributed by atoms with Crippen molar-refractivity contribution in [3.05, 3.63) is 4.91 Å². The summed E-state index contributed by atoms with van der Waals surface area (Å²) < 4.78 is 0. The Kier molecular flexibility index (Phi) is 3.69. The Morgan fingerprint density at radius 2 is 2.25 bits per heavy atom. The van der Waals surface area contributed by atoms with Gasteiger partial charge in [0.1, 0.15) is 0 Å². The number of nitrogens with zero attached hydrogens (tertiary/aromatic N) is 1. The molecule has 48 valence electrons. The van der Waals surface area contributed by atoms with Gasteiger partial charge in [0.25, 0.3) is 0 Å². The predicted octanol–water partition coefficient (Wildman–Crippen LogP) is 0.705. The third kappa shape index (κ3) is 2.21. The second kappa shape index (κ2) is 3.77. The maximum Gasteiger partial charge on any atom is 0.0910 e. The van der Waals surface area contributed by atoms with E-state index in [4.69, 9.17) is 0 Å². The molecule has 0 rings (SSSR count). The normalized spacial score (nSPS) is 17.8. The smallest absolute Gasteiger partial charge is 0.0910 e. The lowest BCUT2D eigenvalue weighted by atomic mass is 10.2. The van der Waals surface area contributed by atoms with Gasteiger partial charge in [0.15, 0.2) is 0 Å². The second-order valence-corrected chi connectivity index (χ2v) is 4.15. The van der Waals surface area contributed by atoms with Gasteiger partial charge in [-0.3, -0.25) is 0 Å². The zero-order valence-corrected chi connectivity index (χ0v) is 7.72. The molecule has 0 heterocycles. The summed E-state index contributed by atoms with van der Waals surface area (Å²) in [6, 6.07) is 0.0849. The molecule has 0 spiro atoms. The fourth-order valence-electron chi connectivity index (χ4n) is 0.668. The Labute approximate surface area is 53.1 Å². The van der Waals surface area contributed by atoms with Crippen molar-refractivity contribution in [2.45, 2.75) is 31.9 Å². The van der Waals surface area contributed by atoms with Crippen LogP contribution >= 0.6 is 0 Å². The van der Waals surface area contributed by atoms with Crippen LogP contribution < -0.4 is 0 Å². The first-order chi connectivity index (χ1) is 3.72. The summed E-state index contributed by atoms with van der Waals surface area (Å²) in [7, 11) is 1.08. The first kappa shape index (κ1) is 7.82. The Bertz CT molecular complexity index is 74.8. The van der Waals surface area contributed by atoms with Crippen molar-refractivity contribution in [1.29, 1.82) is 0 Å². The SMILES string of the molecule is CCC(N=O)C(C)[SiH3]. The summed E-state index contributed by atoms with van der Waals surface area (Å²) in [5.41, 5.74) is 0.539. The largest absolute Gasteiger partial charge is 0.151 e. The van der Waals surface area contributed by atoms with Gasteiger partial charge < -0.3 is 0 Å². The van der Waals surface area contributed by atoms with Gasteiger partial charge in [-0.05, 0) is 12.0 Å². The van der Waals surface area contributed by atoms with Gasteiger partial charge in [-0.25, -0.2) is 0 Å². The number of nitroso groups, excluding NO2 is 1. The van der Waals surface area contributed by atoms with Crippen LogP contribution in [0.15, 0.2) is 5.18 Å². The van der Waals surface area contributed by atoms with E-state index in [9.17, 15) is 4.91 Å². The van der Waals surface area contributed by atoms with E-state index in [1.807, 2.05) is 6.92 Å². The second-order valence-electron chi connectivity index (χ2n) is 2.33. The molecule has 2 atom stereocenters. The van der Waals surface area contributed by atoms with Crippen molar-refractivity contribution in [2.24, 2.45) is 5.18 Å². The molecule has 0 saturated carbocycles. The fourth-order valence-corrected chi connectivity index (χ4v) is 1.26. The fraction of sp³-hybridized carbons (Fsp3) is 1.00. The van der Waals surface area contributed by atoms with Crippen LogP contribution in [0.25, 0.3) is 0 Å². The molecule has 8 heavy (non-hydrogen) atoms. The Morgan fingerprint density at radius 3 is 2.25 bits per heavy atom. The molecule has 0 radical (unpaired) electrons. The van der Waals surface area contributed by atoms with E-state index in [1.165, 1.54) is 0 Å². The van der Waals surface area contributed by atoms with Gasteiger partial charge in [-0.2, -0.15) is 4.91 Å². The van der Waals surface area contributed by atoms with E-state index in [2.05, 4.69) is 12.1 Å². The average Bonchev–Trinajstić information content (AvgIpc) is 1.69. The molecular weight excluding hydrogens is 118 g/mol. The van der Waals surface area contributed by atoms with Crippen molar-refractivity contribution in [2.75, 3.05) is 0 Å². The highest BCUT2D eigenvalue weighted by atomic mass is 28.1.